The third-order valence-corrected chi connectivity index (χ3v) is 6.71. The van der Waals surface area contributed by atoms with Crippen molar-refractivity contribution in [3.8, 4) is 0 Å². The summed E-state index contributed by atoms with van der Waals surface area (Å²) in [5.74, 6) is 0.660. The average molecular weight is 438 g/mol. The third kappa shape index (κ3) is 5.10. The lowest BCUT2D eigenvalue weighted by atomic mass is 10.1. The maximum Gasteiger partial charge on any atom is 0.263 e. The quantitative estimate of drug-likeness (QED) is 0.501. The van der Waals surface area contributed by atoms with Crippen molar-refractivity contribution >= 4 is 44.7 Å². The third-order valence-electron chi connectivity index (χ3n) is 5.59. The van der Waals surface area contributed by atoms with Crippen molar-refractivity contribution in [2.24, 2.45) is 0 Å². The van der Waals surface area contributed by atoms with Crippen molar-refractivity contribution in [3.63, 3.8) is 0 Å². The number of benzene rings is 1. The maximum absolute atomic E-state index is 12.7. The number of nitrogens with two attached hydrogens (primary N) is 1. The minimum atomic E-state index is -0.135. The van der Waals surface area contributed by atoms with Crippen LogP contribution in [0, 0.1) is 0 Å². The number of rotatable bonds is 7. The Labute approximate surface area is 187 Å². The Morgan fingerprint density at radius 1 is 1.13 bits per heavy atom. The number of hydrogen-bond acceptors (Lipinski definition) is 6. The molecule has 1 amide bonds. The summed E-state index contributed by atoms with van der Waals surface area (Å²) in [7, 11) is 0. The van der Waals surface area contributed by atoms with Crippen molar-refractivity contribution in [2.45, 2.75) is 45.6 Å². The van der Waals surface area contributed by atoms with Crippen LogP contribution in [-0.4, -0.2) is 36.6 Å². The first kappa shape index (κ1) is 21.4. The number of nitrogens with one attached hydrogen (secondary N) is 2. The number of pyridine rings is 1. The fraction of sp³-hybridized carbons (Fsp3) is 0.417. The zero-order chi connectivity index (χ0) is 21.8. The smallest absolute Gasteiger partial charge is 0.263 e. The van der Waals surface area contributed by atoms with Crippen molar-refractivity contribution < 1.29 is 4.79 Å². The molecule has 3 heterocycles. The molecule has 4 rings (SSSR count). The molecular weight excluding hydrogens is 406 g/mol. The molecular formula is C24H31N5OS. The number of amides is 1. The Morgan fingerprint density at radius 3 is 2.58 bits per heavy atom. The fourth-order valence-electron chi connectivity index (χ4n) is 3.97. The number of nitrogens with zero attached hydrogens (tertiary/aromatic N) is 2. The average Bonchev–Trinajstić information content (AvgIpc) is 3.10. The van der Waals surface area contributed by atoms with Crippen molar-refractivity contribution in [1.29, 1.82) is 0 Å². The number of fused-ring (bicyclic) bond motifs is 1. The molecule has 0 atom stereocenters. The summed E-state index contributed by atoms with van der Waals surface area (Å²) in [5.41, 5.74) is 9.27. The van der Waals surface area contributed by atoms with Crippen LogP contribution in [0.4, 0.5) is 17.2 Å². The minimum Gasteiger partial charge on any atom is -0.397 e. The van der Waals surface area contributed by atoms with Gasteiger partial charge in [0, 0.05) is 36.7 Å². The van der Waals surface area contributed by atoms with Crippen molar-refractivity contribution in [1.82, 2.24) is 10.3 Å². The van der Waals surface area contributed by atoms with E-state index in [0.29, 0.717) is 23.2 Å². The second-order valence-corrected chi connectivity index (χ2v) is 9.41. The van der Waals surface area contributed by atoms with Crippen LogP contribution < -0.4 is 21.3 Å². The van der Waals surface area contributed by atoms with Gasteiger partial charge in [0.1, 0.15) is 15.5 Å². The Kier molecular flexibility index (Phi) is 6.61. The summed E-state index contributed by atoms with van der Waals surface area (Å²) in [6, 6.07) is 12.8. The lowest BCUT2D eigenvalue weighted by Crippen LogP contribution is -2.29. The van der Waals surface area contributed by atoms with Gasteiger partial charge >= 0.3 is 0 Å². The molecule has 0 aliphatic carbocycles. The largest absolute Gasteiger partial charge is 0.397 e. The van der Waals surface area contributed by atoms with Gasteiger partial charge in [0.05, 0.1) is 5.69 Å². The van der Waals surface area contributed by atoms with E-state index in [1.807, 2.05) is 12.1 Å². The molecule has 1 aliphatic heterocycles. The molecule has 0 radical (unpaired) electrons. The van der Waals surface area contributed by atoms with Gasteiger partial charge in [-0.05, 0) is 69.4 Å². The first-order chi connectivity index (χ1) is 15.0. The van der Waals surface area contributed by atoms with Gasteiger partial charge in [-0.2, -0.15) is 0 Å². The number of piperidine rings is 1. The van der Waals surface area contributed by atoms with E-state index in [1.165, 1.54) is 41.9 Å². The molecule has 3 aromatic rings. The van der Waals surface area contributed by atoms with Crippen molar-refractivity contribution in [2.75, 3.05) is 35.6 Å². The Balaban J connectivity index is 1.35. The van der Waals surface area contributed by atoms with E-state index >= 15 is 0 Å². The van der Waals surface area contributed by atoms with Gasteiger partial charge in [-0.1, -0.05) is 12.1 Å². The summed E-state index contributed by atoms with van der Waals surface area (Å²) in [4.78, 5) is 21.1. The number of thiophene rings is 1. The highest BCUT2D eigenvalue weighted by molar-refractivity contribution is 7.21. The van der Waals surface area contributed by atoms with Crippen LogP contribution in [0.3, 0.4) is 0 Å². The van der Waals surface area contributed by atoms with E-state index in [9.17, 15) is 4.79 Å². The molecule has 0 unspecified atom stereocenters. The summed E-state index contributed by atoms with van der Waals surface area (Å²) in [5, 5.41) is 7.13. The van der Waals surface area contributed by atoms with Gasteiger partial charge in [-0.15, -0.1) is 11.3 Å². The van der Waals surface area contributed by atoms with E-state index in [2.05, 4.69) is 58.6 Å². The number of hydrogen-bond donors (Lipinski definition) is 3. The second-order valence-electron chi connectivity index (χ2n) is 8.41. The van der Waals surface area contributed by atoms with Crippen LogP contribution in [0.2, 0.25) is 0 Å². The van der Waals surface area contributed by atoms with E-state index in [0.717, 1.165) is 35.5 Å². The predicted octanol–water partition coefficient (Wildman–Crippen LogP) is 4.66. The molecule has 2 aromatic heterocycles. The highest BCUT2D eigenvalue weighted by atomic mass is 32.1. The zero-order valence-corrected chi connectivity index (χ0v) is 19.1. The molecule has 6 nitrogen and oxygen atoms in total. The molecule has 0 spiro atoms. The second kappa shape index (κ2) is 9.56. The summed E-state index contributed by atoms with van der Waals surface area (Å²) in [6.07, 6.45) is 4.68. The van der Waals surface area contributed by atoms with Crippen LogP contribution in [0.25, 0.3) is 10.2 Å². The number of aromatic nitrogens is 1. The topological polar surface area (TPSA) is 83.3 Å². The van der Waals surface area contributed by atoms with Crippen molar-refractivity contribution in [3.05, 3.63) is 46.8 Å². The maximum atomic E-state index is 12.7. The summed E-state index contributed by atoms with van der Waals surface area (Å²) in [6.45, 7) is 7.00. The highest BCUT2D eigenvalue weighted by Crippen LogP contribution is 2.33. The summed E-state index contributed by atoms with van der Waals surface area (Å²) < 4.78 is 0. The van der Waals surface area contributed by atoms with Gasteiger partial charge in [0.2, 0.25) is 0 Å². The normalized spacial score (nSPS) is 14.2. The van der Waals surface area contributed by atoms with E-state index in [-0.39, 0.29) is 5.91 Å². The van der Waals surface area contributed by atoms with Gasteiger partial charge in [-0.25, -0.2) is 4.98 Å². The fourth-order valence-corrected chi connectivity index (χ4v) is 4.98. The molecule has 1 fully saturated rings. The molecule has 1 aromatic carbocycles. The first-order valence-electron chi connectivity index (χ1n) is 11.1. The Morgan fingerprint density at radius 2 is 1.87 bits per heavy atom. The predicted molar refractivity (Wildman–Crippen MR) is 131 cm³/mol. The SMILES string of the molecule is CC(C)Nc1ccc2c(N)c(C(=O)NCCc3ccc(N4CCCCC4)cc3)sc2n1. The number of carbonyl (C=O) groups is 1. The molecule has 164 valence electrons. The van der Waals surface area contributed by atoms with Gasteiger partial charge in [-0.3, -0.25) is 4.79 Å². The van der Waals surface area contributed by atoms with E-state index < -0.39 is 0 Å². The monoisotopic (exact) mass is 437 g/mol. The van der Waals surface area contributed by atoms with E-state index in [4.69, 9.17) is 5.73 Å². The molecule has 1 aliphatic rings. The first-order valence-corrected chi connectivity index (χ1v) is 11.9. The molecule has 4 N–H and O–H groups in total. The van der Waals surface area contributed by atoms with Crippen LogP contribution in [-0.2, 0) is 6.42 Å². The number of carbonyl (C=O) groups excluding carboxylic acids is 1. The van der Waals surface area contributed by atoms with Crippen LogP contribution in [0.15, 0.2) is 36.4 Å². The standard InChI is InChI=1S/C24H31N5OS/c1-16(2)27-20-11-10-19-21(25)22(31-24(19)28-20)23(30)26-13-12-17-6-8-18(9-7-17)29-14-4-3-5-15-29/h6-11,16H,3-5,12-15,25H2,1-2H3,(H,26,30)(H,27,28). The van der Waals surface area contributed by atoms with Gasteiger partial charge in [0.15, 0.2) is 0 Å². The number of nitrogen functional groups attached to an aromatic ring is 1. The molecule has 0 bridgehead atoms. The lowest BCUT2D eigenvalue weighted by Gasteiger charge is -2.28. The highest BCUT2D eigenvalue weighted by Gasteiger charge is 2.17. The molecule has 7 heteroatoms. The minimum absolute atomic E-state index is 0.135. The molecule has 31 heavy (non-hydrogen) atoms. The van der Waals surface area contributed by atoms with Crippen LogP contribution in [0.5, 0.6) is 0 Å². The van der Waals surface area contributed by atoms with Crippen LogP contribution in [0.1, 0.15) is 48.3 Å². The Hall–Kier alpha value is -2.80. The Bertz CT molecular complexity index is 1040. The van der Waals surface area contributed by atoms with Gasteiger partial charge in [0.25, 0.3) is 5.91 Å². The molecule has 0 saturated carbocycles. The number of anilines is 3. The molecule has 1 saturated heterocycles. The van der Waals surface area contributed by atoms with Gasteiger partial charge < -0.3 is 21.3 Å². The lowest BCUT2D eigenvalue weighted by molar-refractivity contribution is 0.0959. The van der Waals surface area contributed by atoms with E-state index in [1.54, 1.807) is 0 Å². The zero-order valence-electron chi connectivity index (χ0n) is 18.3. The summed E-state index contributed by atoms with van der Waals surface area (Å²) >= 11 is 1.34. The van der Waals surface area contributed by atoms with Crippen LogP contribution >= 0.6 is 11.3 Å².